The average molecular weight is 471 g/mol. The number of nitro benzene ring substituents is 1. The topological polar surface area (TPSA) is 125 Å². The van der Waals surface area contributed by atoms with Crippen LogP contribution in [-0.4, -0.2) is 29.9 Å². The number of carbonyl (C=O) groups is 3. The van der Waals surface area contributed by atoms with Gasteiger partial charge in [0.1, 0.15) is 5.75 Å². The molecule has 2 rings (SSSR count). The highest BCUT2D eigenvalue weighted by Gasteiger charge is 2.29. The molecule has 0 aliphatic heterocycles. The van der Waals surface area contributed by atoms with Crippen molar-refractivity contribution in [2.24, 2.45) is 0 Å². The molecule has 0 aliphatic rings. The molecule has 0 radical (unpaired) electrons. The van der Waals surface area contributed by atoms with E-state index in [0.29, 0.717) is 5.69 Å². The molecule has 0 atom stereocenters. The van der Waals surface area contributed by atoms with Crippen molar-refractivity contribution >= 4 is 29.2 Å². The summed E-state index contributed by atoms with van der Waals surface area (Å²) in [6, 6.07) is 8.87. The molecule has 1 N–H and O–H groups in total. The largest absolute Gasteiger partial charge is 0.513 e. The standard InChI is InChI=1S/C25H30N2O7/c1-24(2,3)16-12-17(25(4,5)6)21(34-23(30)33-7)13-18(16)26-22(29)14-20(28)15-10-8-9-11-19(15)27(31)32/h8-13H,14H2,1-7H3,(H,26,29). The summed E-state index contributed by atoms with van der Waals surface area (Å²) in [5.41, 5.74) is 0.552. The van der Waals surface area contributed by atoms with Crippen LogP contribution >= 0.6 is 0 Å². The average Bonchev–Trinajstić information content (AvgIpc) is 2.71. The predicted octanol–water partition coefficient (Wildman–Crippen LogP) is 5.55. The number of nitro groups is 1. The molecule has 0 aromatic heterocycles. The Kier molecular flexibility index (Phi) is 7.82. The summed E-state index contributed by atoms with van der Waals surface area (Å²) in [7, 11) is 1.19. The summed E-state index contributed by atoms with van der Waals surface area (Å²) in [6.07, 6.45) is -1.50. The Morgan fingerprint density at radius 1 is 0.971 bits per heavy atom. The van der Waals surface area contributed by atoms with Crippen molar-refractivity contribution in [3.05, 3.63) is 63.2 Å². The number of ether oxygens (including phenoxy) is 2. The van der Waals surface area contributed by atoms with Crippen molar-refractivity contribution in [2.75, 3.05) is 12.4 Å². The maximum absolute atomic E-state index is 12.8. The number of ketones is 1. The predicted molar refractivity (Wildman–Crippen MR) is 128 cm³/mol. The molecule has 0 spiro atoms. The third kappa shape index (κ3) is 6.40. The summed E-state index contributed by atoms with van der Waals surface area (Å²) >= 11 is 0. The Hall–Kier alpha value is -3.75. The van der Waals surface area contributed by atoms with E-state index in [1.807, 2.05) is 47.6 Å². The molecular formula is C25H30N2O7. The SMILES string of the molecule is COC(=O)Oc1cc(NC(=O)CC(=O)c2ccccc2[N+](=O)[O-])c(C(C)(C)C)cc1C(C)(C)C. The van der Waals surface area contributed by atoms with E-state index >= 15 is 0 Å². The van der Waals surface area contributed by atoms with Crippen molar-refractivity contribution in [1.29, 1.82) is 0 Å². The minimum Gasteiger partial charge on any atom is -0.437 e. The Labute approximate surface area is 198 Å². The summed E-state index contributed by atoms with van der Waals surface area (Å²) in [4.78, 5) is 47.8. The molecule has 1 amide bonds. The van der Waals surface area contributed by atoms with Crippen LogP contribution in [0, 0.1) is 10.1 Å². The first-order chi connectivity index (χ1) is 15.6. The maximum Gasteiger partial charge on any atom is 0.513 e. The van der Waals surface area contributed by atoms with Gasteiger partial charge >= 0.3 is 6.16 Å². The summed E-state index contributed by atoms with van der Waals surface area (Å²) in [6.45, 7) is 11.8. The Morgan fingerprint density at radius 2 is 1.56 bits per heavy atom. The van der Waals surface area contributed by atoms with Crippen LogP contribution in [0.5, 0.6) is 5.75 Å². The van der Waals surface area contributed by atoms with Gasteiger partial charge in [-0.1, -0.05) is 53.7 Å². The van der Waals surface area contributed by atoms with Gasteiger partial charge in [0, 0.05) is 23.4 Å². The van der Waals surface area contributed by atoms with E-state index in [0.717, 1.165) is 11.1 Å². The number of anilines is 1. The Balaban J connectivity index is 2.46. The van der Waals surface area contributed by atoms with Crippen LogP contribution in [0.2, 0.25) is 0 Å². The number of carbonyl (C=O) groups excluding carboxylic acids is 3. The van der Waals surface area contributed by atoms with Crippen LogP contribution in [0.4, 0.5) is 16.2 Å². The molecule has 0 aliphatic carbocycles. The molecule has 182 valence electrons. The number of amides is 1. The number of nitrogens with one attached hydrogen (secondary N) is 1. The highest BCUT2D eigenvalue weighted by molar-refractivity contribution is 6.12. The van der Waals surface area contributed by atoms with Gasteiger partial charge < -0.3 is 14.8 Å². The zero-order chi connectivity index (χ0) is 25.8. The molecule has 0 fully saturated rings. The van der Waals surface area contributed by atoms with Gasteiger partial charge in [0.2, 0.25) is 5.91 Å². The number of hydrogen-bond donors (Lipinski definition) is 1. The fourth-order valence-electron chi connectivity index (χ4n) is 3.41. The van der Waals surface area contributed by atoms with Gasteiger partial charge in [-0.2, -0.15) is 0 Å². The molecule has 0 saturated carbocycles. The Morgan fingerprint density at radius 3 is 2.09 bits per heavy atom. The molecule has 0 heterocycles. The van der Waals surface area contributed by atoms with Crippen molar-refractivity contribution in [1.82, 2.24) is 0 Å². The number of nitrogens with zero attached hydrogens (tertiary/aromatic N) is 1. The van der Waals surface area contributed by atoms with E-state index in [-0.39, 0.29) is 17.0 Å². The molecule has 9 nitrogen and oxygen atoms in total. The van der Waals surface area contributed by atoms with E-state index in [9.17, 15) is 24.5 Å². The number of benzene rings is 2. The normalized spacial score (nSPS) is 11.5. The fourth-order valence-corrected chi connectivity index (χ4v) is 3.41. The molecule has 0 saturated heterocycles. The third-order valence-corrected chi connectivity index (χ3v) is 5.09. The number of hydrogen-bond acceptors (Lipinski definition) is 7. The Bertz CT molecular complexity index is 1130. The summed E-state index contributed by atoms with van der Waals surface area (Å²) in [5, 5.41) is 13.9. The van der Waals surface area contributed by atoms with E-state index in [1.165, 1.54) is 37.4 Å². The van der Waals surface area contributed by atoms with Crippen molar-refractivity contribution in [3.63, 3.8) is 0 Å². The van der Waals surface area contributed by atoms with Crippen LogP contribution in [0.15, 0.2) is 36.4 Å². The lowest BCUT2D eigenvalue weighted by Crippen LogP contribution is -2.24. The minimum atomic E-state index is -0.905. The molecule has 2 aromatic carbocycles. The van der Waals surface area contributed by atoms with Gasteiger partial charge in [0.15, 0.2) is 5.78 Å². The van der Waals surface area contributed by atoms with E-state index in [1.54, 1.807) is 0 Å². The van der Waals surface area contributed by atoms with E-state index in [2.05, 4.69) is 10.1 Å². The second-order valence-corrected chi connectivity index (χ2v) is 9.87. The van der Waals surface area contributed by atoms with Gasteiger partial charge in [-0.25, -0.2) is 4.79 Å². The molecule has 2 aromatic rings. The lowest BCUT2D eigenvalue weighted by atomic mass is 9.79. The zero-order valence-corrected chi connectivity index (χ0v) is 20.5. The molecule has 0 bridgehead atoms. The quantitative estimate of drug-likeness (QED) is 0.147. The smallest absolute Gasteiger partial charge is 0.437 e. The van der Waals surface area contributed by atoms with Gasteiger partial charge in [0.05, 0.1) is 24.0 Å². The van der Waals surface area contributed by atoms with Crippen molar-refractivity contribution in [2.45, 2.75) is 58.8 Å². The molecule has 9 heteroatoms. The fraction of sp³-hybridized carbons (Fsp3) is 0.400. The number of para-hydroxylation sites is 1. The van der Waals surface area contributed by atoms with Gasteiger partial charge in [-0.05, 0) is 28.5 Å². The zero-order valence-electron chi connectivity index (χ0n) is 20.5. The van der Waals surface area contributed by atoms with Crippen LogP contribution in [0.3, 0.4) is 0 Å². The van der Waals surface area contributed by atoms with Crippen molar-refractivity contribution in [3.8, 4) is 5.75 Å². The molecular weight excluding hydrogens is 440 g/mol. The second-order valence-electron chi connectivity index (χ2n) is 9.87. The van der Waals surface area contributed by atoms with Crippen LogP contribution in [0.25, 0.3) is 0 Å². The van der Waals surface area contributed by atoms with Gasteiger partial charge in [-0.15, -0.1) is 0 Å². The molecule has 0 unspecified atom stereocenters. The van der Waals surface area contributed by atoms with Gasteiger partial charge in [-0.3, -0.25) is 19.7 Å². The number of Topliss-reactive ketones (excluding diaryl/α,β-unsaturated/α-hetero) is 1. The third-order valence-electron chi connectivity index (χ3n) is 5.09. The van der Waals surface area contributed by atoms with E-state index < -0.39 is 40.0 Å². The van der Waals surface area contributed by atoms with Crippen LogP contribution in [-0.2, 0) is 20.4 Å². The van der Waals surface area contributed by atoms with E-state index in [4.69, 9.17) is 4.74 Å². The highest BCUT2D eigenvalue weighted by Crippen LogP contribution is 2.40. The lowest BCUT2D eigenvalue weighted by molar-refractivity contribution is -0.385. The molecule has 34 heavy (non-hydrogen) atoms. The number of rotatable bonds is 6. The van der Waals surface area contributed by atoms with Crippen LogP contribution < -0.4 is 10.1 Å². The summed E-state index contributed by atoms with van der Waals surface area (Å²) < 4.78 is 9.97. The summed E-state index contributed by atoms with van der Waals surface area (Å²) in [5.74, 6) is -1.12. The second kappa shape index (κ2) is 10.0. The first-order valence-electron chi connectivity index (χ1n) is 10.7. The van der Waals surface area contributed by atoms with Crippen molar-refractivity contribution < 1.29 is 28.8 Å². The first-order valence-corrected chi connectivity index (χ1v) is 10.7. The number of methoxy groups -OCH3 is 1. The van der Waals surface area contributed by atoms with Gasteiger partial charge in [0.25, 0.3) is 5.69 Å². The first kappa shape index (κ1) is 26.5. The highest BCUT2D eigenvalue weighted by atomic mass is 16.7. The monoisotopic (exact) mass is 470 g/mol. The minimum absolute atomic E-state index is 0.142. The maximum atomic E-state index is 12.8. The van der Waals surface area contributed by atoms with Crippen LogP contribution in [0.1, 0.15) is 69.4 Å². The lowest BCUT2D eigenvalue weighted by Gasteiger charge is -2.29.